The molecule has 2 aromatic rings. The van der Waals surface area contributed by atoms with Crippen molar-refractivity contribution in [1.29, 1.82) is 0 Å². The molecule has 106 valence electrons. The third-order valence-corrected chi connectivity index (χ3v) is 3.00. The highest BCUT2D eigenvalue weighted by molar-refractivity contribution is 5.88. The van der Waals surface area contributed by atoms with Crippen molar-refractivity contribution in [2.45, 2.75) is 26.6 Å². The third kappa shape index (κ3) is 3.46. The molecule has 1 heterocycles. The predicted molar refractivity (Wildman–Crippen MR) is 73.3 cm³/mol. The van der Waals surface area contributed by atoms with Gasteiger partial charge in [0.05, 0.1) is 13.2 Å². The van der Waals surface area contributed by atoms with Gasteiger partial charge in [-0.05, 0) is 24.1 Å². The van der Waals surface area contributed by atoms with E-state index in [1.54, 1.807) is 6.92 Å². The molecule has 20 heavy (non-hydrogen) atoms. The molecule has 0 aliphatic heterocycles. The van der Waals surface area contributed by atoms with Crippen LogP contribution in [0.25, 0.3) is 0 Å². The molecule has 0 atom stereocenters. The zero-order valence-corrected chi connectivity index (χ0v) is 11.2. The number of aliphatic hydroxyl groups excluding tert-OH is 1. The summed E-state index contributed by atoms with van der Waals surface area (Å²) in [5.41, 5.74) is 2.12. The second kappa shape index (κ2) is 6.36. The first-order valence-corrected chi connectivity index (χ1v) is 6.32. The molecule has 1 aromatic heterocycles. The van der Waals surface area contributed by atoms with Crippen molar-refractivity contribution in [2.75, 3.05) is 0 Å². The maximum Gasteiger partial charge on any atom is 0.339 e. The van der Waals surface area contributed by atoms with Crippen molar-refractivity contribution in [2.24, 2.45) is 0 Å². The molecule has 1 aromatic carbocycles. The van der Waals surface area contributed by atoms with Crippen LogP contribution in [-0.2, 0) is 19.7 Å². The minimum absolute atomic E-state index is 0.0210. The maximum atomic E-state index is 10.9. The minimum atomic E-state index is -0.979. The van der Waals surface area contributed by atoms with Crippen molar-refractivity contribution in [3.05, 3.63) is 58.5 Å². The lowest BCUT2D eigenvalue weighted by atomic mass is 10.1. The largest absolute Gasteiger partial charge is 0.478 e. The Labute approximate surface area is 116 Å². The quantitative estimate of drug-likeness (QED) is 0.751. The highest BCUT2D eigenvalue weighted by atomic mass is 16.4. The summed E-state index contributed by atoms with van der Waals surface area (Å²) < 4.78 is 5.38. The molecular weight excluding hydrogens is 258 g/mol. The lowest BCUT2D eigenvalue weighted by molar-refractivity contribution is 0.0695. The number of aromatic carboxylic acids is 1. The van der Waals surface area contributed by atoms with Crippen molar-refractivity contribution < 1.29 is 19.4 Å². The zero-order chi connectivity index (χ0) is 14.5. The molecule has 0 fully saturated rings. The van der Waals surface area contributed by atoms with E-state index in [1.807, 2.05) is 24.3 Å². The number of hydrogen-bond donors (Lipinski definition) is 3. The van der Waals surface area contributed by atoms with Crippen LogP contribution in [0.15, 0.2) is 34.7 Å². The van der Waals surface area contributed by atoms with Gasteiger partial charge in [-0.25, -0.2) is 4.79 Å². The number of nitrogens with one attached hydrogen (secondary N) is 1. The standard InChI is InChI=1S/C15H17NO4/c1-10-14(15(18)19)6-13(20-10)8-16-7-11-3-2-4-12(5-11)9-17/h2-6,16-17H,7-9H2,1H3,(H,18,19). The van der Waals surface area contributed by atoms with Gasteiger partial charge in [-0.3, -0.25) is 0 Å². The monoisotopic (exact) mass is 275 g/mol. The van der Waals surface area contributed by atoms with E-state index in [0.717, 1.165) is 11.1 Å². The summed E-state index contributed by atoms with van der Waals surface area (Å²) in [6.45, 7) is 2.73. The van der Waals surface area contributed by atoms with Gasteiger partial charge in [0.1, 0.15) is 17.1 Å². The van der Waals surface area contributed by atoms with Crippen LogP contribution in [0.2, 0.25) is 0 Å². The van der Waals surface area contributed by atoms with Crippen LogP contribution in [-0.4, -0.2) is 16.2 Å². The topological polar surface area (TPSA) is 82.7 Å². The average molecular weight is 275 g/mol. The van der Waals surface area contributed by atoms with Gasteiger partial charge in [0.25, 0.3) is 0 Å². The molecule has 0 saturated carbocycles. The Balaban J connectivity index is 1.92. The van der Waals surface area contributed by atoms with E-state index in [0.29, 0.717) is 24.6 Å². The molecule has 0 amide bonds. The summed E-state index contributed by atoms with van der Waals surface area (Å²) in [6.07, 6.45) is 0. The lowest BCUT2D eigenvalue weighted by Gasteiger charge is -2.04. The summed E-state index contributed by atoms with van der Waals surface area (Å²) in [5, 5.41) is 21.2. The fourth-order valence-electron chi connectivity index (χ4n) is 2.01. The van der Waals surface area contributed by atoms with E-state index in [1.165, 1.54) is 6.07 Å². The Morgan fingerprint density at radius 3 is 2.65 bits per heavy atom. The Morgan fingerprint density at radius 2 is 2.00 bits per heavy atom. The van der Waals surface area contributed by atoms with Gasteiger partial charge >= 0.3 is 5.97 Å². The van der Waals surface area contributed by atoms with E-state index in [2.05, 4.69) is 5.32 Å². The van der Waals surface area contributed by atoms with Crippen molar-refractivity contribution in [3.63, 3.8) is 0 Å². The Hall–Kier alpha value is -2.11. The number of aryl methyl sites for hydroxylation is 1. The summed E-state index contributed by atoms with van der Waals surface area (Å²) in [5.74, 6) is 0.0305. The number of hydrogen-bond acceptors (Lipinski definition) is 4. The molecule has 0 bridgehead atoms. The number of carboxylic acid groups (broad SMARTS) is 1. The third-order valence-electron chi connectivity index (χ3n) is 3.00. The van der Waals surface area contributed by atoms with Gasteiger partial charge in [-0.2, -0.15) is 0 Å². The lowest BCUT2D eigenvalue weighted by Crippen LogP contribution is -2.12. The van der Waals surface area contributed by atoms with Crippen LogP contribution in [0.4, 0.5) is 0 Å². The molecule has 3 N–H and O–H groups in total. The number of carboxylic acids is 1. The van der Waals surface area contributed by atoms with E-state index in [4.69, 9.17) is 14.6 Å². The number of aliphatic hydroxyl groups is 1. The maximum absolute atomic E-state index is 10.9. The first-order chi connectivity index (χ1) is 9.60. The highest BCUT2D eigenvalue weighted by Crippen LogP contribution is 2.14. The molecule has 5 heteroatoms. The van der Waals surface area contributed by atoms with Gasteiger partial charge < -0.3 is 19.9 Å². The Bertz CT molecular complexity index is 604. The summed E-state index contributed by atoms with van der Waals surface area (Å²) in [6, 6.07) is 9.17. The van der Waals surface area contributed by atoms with E-state index >= 15 is 0 Å². The van der Waals surface area contributed by atoms with Crippen molar-refractivity contribution in [3.8, 4) is 0 Å². The molecule has 0 aliphatic rings. The summed E-state index contributed by atoms with van der Waals surface area (Å²) >= 11 is 0. The normalized spacial score (nSPS) is 10.7. The molecular formula is C15H17NO4. The van der Waals surface area contributed by atoms with Crippen molar-refractivity contribution >= 4 is 5.97 Å². The number of furan rings is 1. The van der Waals surface area contributed by atoms with Crippen LogP contribution >= 0.6 is 0 Å². The fraction of sp³-hybridized carbons (Fsp3) is 0.267. The molecule has 0 unspecified atom stereocenters. The van der Waals surface area contributed by atoms with E-state index < -0.39 is 5.97 Å². The first kappa shape index (κ1) is 14.3. The molecule has 2 rings (SSSR count). The van der Waals surface area contributed by atoms with E-state index in [-0.39, 0.29) is 12.2 Å². The SMILES string of the molecule is Cc1oc(CNCc2cccc(CO)c2)cc1C(=O)O. The van der Waals surface area contributed by atoms with Crippen LogP contribution in [0.1, 0.15) is 33.0 Å². The smallest absolute Gasteiger partial charge is 0.339 e. The molecule has 0 spiro atoms. The minimum Gasteiger partial charge on any atom is -0.478 e. The molecule has 0 radical (unpaired) electrons. The Morgan fingerprint density at radius 1 is 1.25 bits per heavy atom. The fourth-order valence-corrected chi connectivity index (χ4v) is 2.01. The van der Waals surface area contributed by atoms with E-state index in [9.17, 15) is 4.79 Å². The van der Waals surface area contributed by atoms with Gasteiger partial charge in [-0.15, -0.1) is 0 Å². The number of benzene rings is 1. The number of rotatable bonds is 6. The molecule has 0 aliphatic carbocycles. The van der Waals surface area contributed by atoms with Gasteiger partial charge in [0.15, 0.2) is 0 Å². The van der Waals surface area contributed by atoms with Crippen molar-refractivity contribution in [1.82, 2.24) is 5.32 Å². The van der Waals surface area contributed by atoms with Gasteiger partial charge in [0, 0.05) is 6.54 Å². The van der Waals surface area contributed by atoms with Crippen LogP contribution in [0.3, 0.4) is 0 Å². The first-order valence-electron chi connectivity index (χ1n) is 6.32. The van der Waals surface area contributed by atoms with Gasteiger partial charge in [0.2, 0.25) is 0 Å². The molecule has 5 nitrogen and oxygen atoms in total. The summed E-state index contributed by atoms with van der Waals surface area (Å²) in [7, 11) is 0. The second-order valence-corrected chi connectivity index (χ2v) is 4.57. The van der Waals surface area contributed by atoms with Gasteiger partial charge in [-0.1, -0.05) is 24.3 Å². The second-order valence-electron chi connectivity index (χ2n) is 4.57. The zero-order valence-electron chi connectivity index (χ0n) is 11.2. The van der Waals surface area contributed by atoms with Crippen LogP contribution < -0.4 is 5.32 Å². The summed E-state index contributed by atoms with van der Waals surface area (Å²) in [4.78, 5) is 10.9. The number of carbonyl (C=O) groups is 1. The van der Waals surface area contributed by atoms with Crippen LogP contribution in [0, 0.1) is 6.92 Å². The predicted octanol–water partition coefficient (Wildman–Crippen LogP) is 2.07. The van der Waals surface area contributed by atoms with Crippen LogP contribution in [0.5, 0.6) is 0 Å². The highest BCUT2D eigenvalue weighted by Gasteiger charge is 2.13. The average Bonchev–Trinajstić information content (AvgIpc) is 2.80. The Kier molecular flexibility index (Phi) is 4.55. The molecule has 0 saturated heterocycles.